The monoisotopic (exact) mass is 290 g/mol. The lowest BCUT2D eigenvalue weighted by Crippen LogP contribution is -2.40. The Morgan fingerprint density at radius 3 is 2.80 bits per heavy atom. The maximum atomic E-state index is 11.2. The molecule has 0 spiro atoms. The Bertz CT molecular complexity index is 678. The van der Waals surface area contributed by atoms with E-state index in [-0.39, 0.29) is 5.76 Å². The molecule has 1 aromatic carbocycles. The molecule has 20 heavy (non-hydrogen) atoms. The Morgan fingerprint density at radius 2 is 2.05 bits per heavy atom. The summed E-state index contributed by atoms with van der Waals surface area (Å²) < 4.78 is 5.14. The number of piperidine rings is 1. The van der Waals surface area contributed by atoms with Crippen LogP contribution in [0.4, 0.5) is 0 Å². The number of thioether (sulfide) groups is 1. The minimum atomic E-state index is -0.375. The largest absolute Gasteiger partial charge is 0.417 e. The number of H-pyrrole nitrogens is 1. The number of benzene rings is 1. The van der Waals surface area contributed by atoms with E-state index in [0.717, 1.165) is 17.6 Å². The van der Waals surface area contributed by atoms with E-state index in [1.54, 1.807) is 0 Å². The highest BCUT2D eigenvalue weighted by molar-refractivity contribution is 8.00. The van der Waals surface area contributed by atoms with Gasteiger partial charge >= 0.3 is 5.76 Å². The van der Waals surface area contributed by atoms with Crippen LogP contribution in [0.15, 0.2) is 32.3 Å². The van der Waals surface area contributed by atoms with Crippen LogP contribution in [0.2, 0.25) is 0 Å². The van der Waals surface area contributed by atoms with Gasteiger partial charge in [0.15, 0.2) is 5.58 Å². The van der Waals surface area contributed by atoms with Crippen LogP contribution in [-0.2, 0) is 0 Å². The van der Waals surface area contributed by atoms with Gasteiger partial charge in [-0.3, -0.25) is 4.98 Å². The summed E-state index contributed by atoms with van der Waals surface area (Å²) in [6.45, 7) is 0. The number of rotatable bonds is 2. The van der Waals surface area contributed by atoms with E-state index in [9.17, 15) is 4.79 Å². The summed E-state index contributed by atoms with van der Waals surface area (Å²) in [4.78, 5) is 17.6. The summed E-state index contributed by atoms with van der Waals surface area (Å²) in [6.07, 6.45) is 5.24. The molecular formula is C15H18N2O2S. The number of hydrogen-bond acceptors (Lipinski definition) is 4. The molecule has 4 rings (SSSR count). The molecule has 2 bridgehead atoms. The van der Waals surface area contributed by atoms with Crippen molar-refractivity contribution in [2.75, 3.05) is 7.05 Å². The maximum Gasteiger partial charge on any atom is 0.417 e. The lowest BCUT2D eigenvalue weighted by molar-refractivity contribution is 0.183. The molecule has 0 radical (unpaired) electrons. The van der Waals surface area contributed by atoms with E-state index in [1.807, 2.05) is 23.9 Å². The fourth-order valence-corrected chi connectivity index (χ4v) is 4.99. The predicted molar refractivity (Wildman–Crippen MR) is 80.3 cm³/mol. The first-order chi connectivity index (χ1) is 9.69. The van der Waals surface area contributed by atoms with Crippen molar-refractivity contribution in [3.63, 3.8) is 0 Å². The molecule has 5 heteroatoms. The van der Waals surface area contributed by atoms with Crippen molar-refractivity contribution in [3.05, 3.63) is 28.7 Å². The van der Waals surface area contributed by atoms with Crippen molar-refractivity contribution in [1.82, 2.24) is 9.88 Å². The molecule has 0 saturated carbocycles. The normalized spacial score (nSPS) is 30.1. The van der Waals surface area contributed by atoms with Crippen molar-refractivity contribution >= 4 is 22.9 Å². The lowest BCUT2D eigenvalue weighted by atomic mass is 10.0. The van der Waals surface area contributed by atoms with Crippen molar-refractivity contribution < 1.29 is 4.42 Å². The number of hydrogen-bond donors (Lipinski definition) is 1. The summed E-state index contributed by atoms with van der Waals surface area (Å²) in [5.41, 5.74) is 1.44. The average Bonchev–Trinajstić information content (AvgIpc) is 2.85. The quantitative estimate of drug-likeness (QED) is 0.924. The van der Waals surface area contributed by atoms with Crippen LogP contribution in [0, 0.1) is 0 Å². The van der Waals surface area contributed by atoms with Gasteiger partial charge in [-0.1, -0.05) is 0 Å². The van der Waals surface area contributed by atoms with Crippen molar-refractivity contribution in [2.45, 2.75) is 47.9 Å². The molecule has 2 aliphatic heterocycles. The van der Waals surface area contributed by atoms with Gasteiger partial charge in [0.05, 0.1) is 5.52 Å². The highest BCUT2D eigenvalue weighted by Gasteiger charge is 2.38. The highest BCUT2D eigenvalue weighted by atomic mass is 32.2. The predicted octanol–water partition coefficient (Wildman–Crippen LogP) is 2.84. The van der Waals surface area contributed by atoms with E-state index in [1.165, 1.54) is 30.6 Å². The topological polar surface area (TPSA) is 49.2 Å². The van der Waals surface area contributed by atoms with E-state index in [2.05, 4.69) is 23.0 Å². The lowest BCUT2D eigenvalue weighted by Gasteiger charge is -2.35. The van der Waals surface area contributed by atoms with Crippen molar-refractivity contribution in [3.8, 4) is 0 Å². The van der Waals surface area contributed by atoms with E-state index >= 15 is 0 Å². The van der Waals surface area contributed by atoms with Crippen molar-refractivity contribution in [1.29, 1.82) is 0 Å². The zero-order valence-corrected chi connectivity index (χ0v) is 12.3. The standard InChI is InChI=1S/C15H18N2O2S/c1-17-9-2-3-10(17)7-12(6-9)20-11-4-5-13-14(8-11)19-15(18)16-13/h4-5,8-10,12H,2-3,6-7H2,1H3,(H,16,18). The maximum absolute atomic E-state index is 11.2. The Balaban J connectivity index is 1.54. The second-order valence-corrected chi connectivity index (χ2v) is 7.31. The van der Waals surface area contributed by atoms with Crippen LogP contribution in [0.1, 0.15) is 25.7 Å². The smallest absolute Gasteiger partial charge is 0.408 e. The van der Waals surface area contributed by atoms with Gasteiger partial charge in [-0.05, 0) is 50.9 Å². The molecule has 1 aromatic heterocycles. The zero-order chi connectivity index (χ0) is 13.7. The fraction of sp³-hybridized carbons (Fsp3) is 0.533. The first-order valence-corrected chi connectivity index (χ1v) is 8.08. The number of nitrogens with zero attached hydrogens (tertiary/aromatic N) is 1. The molecule has 2 aliphatic rings. The van der Waals surface area contributed by atoms with Gasteiger partial charge in [0.25, 0.3) is 0 Å². The van der Waals surface area contributed by atoms with Gasteiger partial charge in [0.2, 0.25) is 0 Å². The van der Waals surface area contributed by atoms with Gasteiger partial charge in [0, 0.05) is 22.2 Å². The van der Waals surface area contributed by atoms with Gasteiger partial charge in [-0.25, -0.2) is 4.79 Å². The van der Waals surface area contributed by atoms with E-state index in [4.69, 9.17) is 4.42 Å². The van der Waals surface area contributed by atoms with Crippen LogP contribution in [-0.4, -0.2) is 34.3 Å². The zero-order valence-electron chi connectivity index (χ0n) is 11.5. The second-order valence-electron chi connectivity index (χ2n) is 5.93. The molecule has 0 amide bonds. The summed E-state index contributed by atoms with van der Waals surface area (Å²) in [5.74, 6) is -0.375. The summed E-state index contributed by atoms with van der Waals surface area (Å²) in [6, 6.07) is 7.53. The van der Waals surface area contributed by atoms with Gasteiger partial charge in [0.1, 0.15) is 0 Å². The molecule has 2 aromatic rings. The first-order valence-electron chi connectivity index (χ1n) is 7.20. The van der Waals surface area contributed by atoms with Gasteiger partial charge in [-0.2, -0.15) is 0 Å². The number of aromatic amines is 1. The van der Waals surface area contributed by atoms with Crippen molar-refractivity contribution in [2.24, 2.45) is 0 Å². The van der Waals surface area contributed by atoms with Crippen LogP contribution < -0.4 is 5.76 Å². The number of fused-ring (bicyclic) bond motifs is 3. The molecule has 2 unspecified atom stereocenters. The van der Waals surface area contributed by atoms with Crippen LogP contribution in [0.5, 0.6) is 0 Å². The van der Waals surface area contributed by atoms with Crippen LogP contribution in [0.3, 0.4) is 0 Å². The summed E-state index contributed by atoms with van der Waals surface area (Å²) in [5, 5.41) is 0.687. The third-order valence-electron chi connectivity index (χ3n) is 4.75. The molecule has 106 valence electrons. The van der Waals surface area contributed by atoms with E-state index < -0.39 is 0 Å². The molecule has 0 aliphatic carbocycles. The Morgan fingerprint density at radius 1 is 1.30 bits per heavy atom. The van der Waals surface area contributed by atoms with Crippen LogP contribution >= 0.6 is 11.8 Å². The molecule has 3 heterocycles. The second kappa shape index (κ2) is 4.67. The Labute approximate surface area is 121 Å². The third-order valence-corrected chi connectivity index (χ3v) is 5.99. The molecule has 2 atom stereocenters. The van der Waals surface area contributed by atoms with E-state index in [0.29, 0.717) is 10.8 Å². The van der Waals surface area contributed by atoms with Gasteiger partial charge < -0.3 is 9.32 Å². The molecular weight excluding hydrogens is 272 g/mol. The number of nitrogens with one attached hydrogen (secondary N) is 1. The molecule has 4 nitrogen and oxygen atoms in total. The Hall–Kier alpha value is -1.20. The summed E-state index contributed by atoms with van der Waals surface area (Å²) in [7, 11) is 2.27. The Kier molecular flexibility index (Phi) is 2.93. The highest BCUT2D eigenvalue weighted by Crippen LogP contribution is 2.41. The molecule has 2 fully saturated rings. The SMILES string of the molecule is CN1C2CCC1CC(Sc1ccc3[nH]c(=O)oc3c1)C2. The molecule has 1 N–H and O–H groups in total. The third kappa shape index (κ3) is 2.09. The summed E-state index contributed by atoms with van der Waals surface area (Å²) >= 11 is 1.94. The minimum absolute atomic E-state index is 0.375. The molecule has 2 saturated heterocycles. The van der Waals surface area contributed by atoms with Crippen LogP contribution in [0.25, 0.3) is 11.1 Å². The number of aromatic nitrogens is 1. The average molecular weight is 290 g/mol. The number of oxazole rings is 1. The first kappa shape index (κ1) is 12.5. The van der Waals surface area contributed by atoms with Gasteiger partial charge in [-0.15, -0.1) is 11.8 Å². The fourth-order valence-electron chi connectivity index (χ4n) is 3.65. The minimum Gasteiger partial charge on any atom is -0.408 e.